The Morgan fingerprint density at radius 1 is 1.41 bits per heavy atom. The predicted molar refractivity (Wildman–Crippen MR) is 65.8 cm³/mol. The molecule has 1 fully saturated rings. The molecule has 0 saturated heterocycles. The van der Waals surface area contributed by atoms with Gasteiger partial charge in [-0.2, -0.15) is 0 Å². The molecule has 3 atom stereocenters. The molecule has 1 aromatic rings. The van der Waals surface area contributed by atoms with Crippen molar-refractivity contribution in [2.24, 2.45) is 0 Å². The van der Waals surface area contributed by atoms with E-state index in [1.807, 2.05) is 6.92 Å². The van der Waals surface area contributed by atoms with Crippen molar-refractivity contribution < 1.29 is 8.60 Å². The standard InChI is InChI=1S/C13H16FNOS/c1-8-6-12(15-10-3-4-10)11-5-2-9(14)7-13(11)17(8)16/h2,5,7-8,10,12,15H,3-4,6H2,1H3. The predicted octanol–water partition coefficient (Wildman–Crippen LogP) is 2.52. The van der Waals surface area contributed by atoms with Gasteiger partial charge in [-0.05, 0) is 37.0 Å². The van der Waals surface area contributed by atoms with E-state index >= 15 is 0 Å². The first-order valence-corrected chi connectivity index (χ1v) is 7.32. The molecule has 0 bridgehead atoms. The average Bonchev–Trinajstić information content (AvgIpc) is 3.09. The maximum Gasteiger partial charge on any atom is 0.124 e. The molecule has 1 saturated carbocycles. The first-order valence-electron chi connectivity index (χ1n) is 6.11. The second-order valence-corrected chi connectivity index (χ2v) is 6.86. The minimum Gasteiger partial charge on any atom is -0.307 e. The van der Waals surface area contributed by atoms with Crippen LogP contribution in [0.3, 0.4) is 0 Å². The summed E-state index contributed by atoms with van der Waals surface area (Å²) < 4.78 is 25.4. The molecule has 92 valence electrons. The lowest BCUT2D eigenvalue weighted by Gasteiger charge is -2.30. The van der Waals surface area contributed by atoms with Gasteiger partial charge in [-0.1, -0.05) is 13.0 Å². The van der Waals surface area contributed by atoms with Crippen LogP contribution < -0.4 is 5.32 Å². The van der Waals surface area contributed by atoms with E-state index in [2.05, 4.69) is 5.32 Å². The number of benzene rings is 1. The van der Waals surface area contributed by atoms with E-state index in [1.165, 1.54) is 25.0 Å². The fourth-order valence-electron chi connectivity index (χ4n) is 2.43. The van der Waals surface area contributed by atoms with Crippen LogP contribution in [0.15, 0.2) is 23.1 Å². The highest BCUT2D eigenvalue weighted by molar-refractivity contribution is 7.85. The van der Waals surface area contributed by atoms with Gasteiger partial charge in [-0.3, -0.25) is 4.21 Å². The van der Waals surface area contributed by atoms with Crippen molar-refractivity contribution in [3.05, 3.63) is 29.6 Å². The summed E-state index contributed by atoms with van der Waals surface area (Å²) in [5, 5.41) is 3.66. The molecule has 0 radical (unpaired) electrons. The highest BCUT2D eigenvalue weighted by Crippen LogP contribution is 2.36. The van der Waals surface area contributed by atoms with Gasteiger partial charge in [-0.15, -0.1) is 0 Å². The third kappa shape index (κ3) is 2.16. The maximum absolute atomic E-state index is 13.2. The van der Waals surface area contributed by atoms with Crippen LogP contribution in [0.4, 0.5) is 4.39 Å². The molecule has 2 aliphatic rings. The zero-order valence-electron chi connectivity index (χ0n) is 9.78. The lowest BCUT2D eigenvalue weighted by molar-refractivity contribution is 0.473. The molecule has 4 heteroatoms. The van der Waals surface area contributed by atoms with E-state index in [1.54, 1.807) is 6.07 Å². The van der Waals surface area contributed by atoms with Crippen molar-refractivity contribution in [1.29, 1.82) is 0 Å². The Hall–Kier alpha value is -0.740. The van der Waals surface area contributed by atoms with Gasteiger partial charge in [0.05, 0.1) is 10.8 Å². The van der Waals surface area contributed by atoms with Gasteiger partial charge in [-0.25, -0.2) is 4.39 Å². The zero-order valence-corrected chi connectivity index (χ0v) is 10.6. The largest absolute Gasteiger partial charge is 0.307 e. The Labute approximate surface area is 103 Å². The number of fused-ring (bicyclic) bond motifs is 1. The summed E-state index contributed by atoms with van der Waals surface area (Å²) in [7, 11) is -1.07. The van der Waals surface area contributed by atoms with Gasteiger partial charge in [0, 0.05) is 22.2 Å². The summed E-state index contributed by atoms with van der Waals surface area (Å²) in [6, 6.07) is 5.53. The third-order valence-electron chi connectivity index (χ3n) is 3.52. The lowest BCUT2D eigenvalue weighted by Crippen LogP contribution is -2.33. The van der Waals surface area contributed by atoms with E-state index in [9.17, 15) is 8.60 Å². The first-order chi connectivity index (χ1) is 8.15. The van der Waals surface area contributed by atoms with Crippen molar-refractivity contribution in [3.8, 4) is 0 Å². The summed E-state index contributed by atoms with van der Waals surface area (Å²) in [5.74, 6) is -0.295. The highest BCUT2D eigenvalue weighted by atomic mass is 32.2. The molecular weight excluding hydrogens is 237 g/mol. The topological polar surface area (TPSA) is 29.1 Å². The monoisotopic (exact) mass is 253 g/mol. The summed E-state index contributed by atoms with van der Waals surface area (Å²) >= 11 is 0. The van der Waals surface area contributed by atoms with Crippen LogP contribution in [0.1, 0.15) is 37.8 Å². The van der Waals surface area contributed by atoms with E-state index in [0.717, 1.165) is 12.0 Å². The molecule has 1 heterocycles. The van der Waals surface area contributed by atoms with Crippen LogP contribution in [-0.4, -0.2) is 15.5 Å². The van der Waals surface area contributed by atoms with Crippen LogP contribution in [0.25, 0.3) is 0 Å². The van der Waals surface area contributed by atoms with Crippen LogP contribution in [0, 0.1) is 5.82 Å². The summed E-state index contributed by atoms with van der Waals surface area (Å²) in [6.45, 7) is 1.98. The number of hydrogen-bond acceptors (Lipinski definition) is 2. The van der Waals surface area contributed by atoms with Crippen LogP contribution in [0.2, 0.25) is 0 Å². The Morgan fingerprint density at radius 3 is 2.88 bits per heavy atom. The summed E-state index contributed by atoms with van der Waals surface area (Å²) in [6.07, 6.45) is 3.33. The van der Waals surface area contributed by atoms with E-state index in [4.69, 9.17) is 0 Å². The van der Waals surface area contributed by atoms with Gasteiger partial charge in [0.25, 0.3) is 0 Å². The van der Waals surface area contributed by atoms with Crippen molar-refractivity contribution in [2.75, 3.05) is 0 Å². The van der Waals surface area contributed by atoms with Gasteiger partial charge >= 0.3 is 0 Å². The highest BCUT2D eigenvalue weighted by Gasteiger charge is 2.33. The van der Waals surface area contributed by atoms with Gasteiger partial charge in [0.15, 0.2) is 0 Å². The third-order valence-corrected chi connectivity index (χ3v) is 5.23. The minimum atomic E-state index is -1.07. The zero-order chi connectivity index (χ0) is 12.0. The van der Waals surface area contributed by atoms with Gasteiger partial charge in [0.1, 0.15) is 5.82 Å². The van der Waals surface area contributed by atoms with Crippen molar-refractivity contribution in [1.82, 2.24) is 5.32 Å². The van der Waals surface area contributed by atoms with Gasteiger partial charge in [0.2, 0.25) is 0 Å². The SMILES string of the molecule is CC1CC(NC2CC2)c2ccc(F)cc2S1=O. The Kier molecular flexibility index (Phi) is 2.79. The molecule has 1 aliphatic heterocycles. The fourth-order valence-corrected chi connectivity index (χ4v) is 3.90. The molecule has 3 rings (SSSR count). The van der Waals surface area contributed by atoms with Crippen molar-refractivity contribution in [2.45, 2.75) is 48.4 Å². The molecule has 0 amide bonds. The lowest BCUT2D eigenvalue weighted by atomic mass is 10.0. The normalized spacial score (nSPS) is 32.2. The molecule has 17 heavy (non-hydrogen) atoms. The molecule has 1 aromatic carbocycles. The van der Waals surface area contributed by atoms with Gasteiger partial charge < -0.3 is 5.32 Å². The van der Waals surface area contributed by atoms with Crippen molar-refractivity contribution >= 4 is 10.8 Å². The molecule has 1 N–H and O–H groups in total. The Balaban J connectivity index is 1.98. The number of rotatable bonds is 2. The molecule has 1 aliphatic carbocycles. The smallest absolute Gasteiger partial charge is 0.124 e. The average molecular weight is 253 g/mol. The summed E-state index contributed by atoms with van der Waals surface area (Å²) in [5.41, 5.74) is 1.02. The second-order valence-electron chi connectivity index (χ2n) is 5.02. The molecule has 0 spiro atoms. The number of halogens is 1. The van der Waals surface area contributed by atoms with E-state index in [0.29, 0.717) is 10.9 Å². The number of hydrogen-bond donors (Lipinski definition) is 1. The summed E-state index contributed by atoms with van der Waals surface area (Å²) in [4.78, 5) is 0.682. The Morgan fingerprint density at radius 2 is 2.18 bits per heavy atom. The van der Waals surface area contributed by atoms with Crippen LogP contribution in [-0.2, 0) is 10.8 Å². The van der Waals surface area contributed by atoms with Crippen molar-refractivity contribution in [3.63, 3.8) is 0 Å². The van der Waals surface area contributed by atoms with E-state index < -0.39 is 10.8 Å². The van der Waals surface area contributed by atoms with E-state index in [-0.39, 0.29) is 17.1 Å². The van der Waals surface area contributed by atoms with Crippen LogP contribution in [0.5, 0.6) is 0 Å². The fraction of sp³-hybridized carbons (Fsp3) is 0.538. The minimum absolute atomic E-state index is 0.0977. The molecular formula is C13H16FNOS. The molecule has 0 aromatic heterocycles. The molecule has 3 unspecified atom stereocenters. The quantitative estimate of drug-likeness (QED) is 0.877. The molecule has 2 nitrogen and oxygen atoms in total. The van der Waals surface area contributed by atoms with Crippen LogP contribution >= 0.6 is 0 Å². The number of nitrogens with one attached hydrogen (secondary N) is 1. The maximum atomic E-state index is 13.2. The first kappa shape index (κ1) is 11.4. The Bertz CT molecular complexity index is 472. The second kappa shape index (κ2) is 4.18.